The lowest BCUT2D eigenvalue weighted by Crippen LogP contribution is -2.44. The van der Waals surface area contributed by atoms with E-state index in [1.165, 1.54) is 11.3 Å². The Morgan fingerprint density at radius 1 is 1.07 bits per heavy atom. The molecule has 3 rings (SSSR count). The number of halogens is 1. The molecule has 1 aromatic carbocycles. The van der Waals surface area contributed by atoms with Crippen molar-refractivity contribution in [1.82, 2.24) is 19.4 Å². The van der Waals surface area contributed by atoms with Gasteiger partial charge in [0.1, 0.15) is 5.82 Å². The number of aromatic nitrogens is 2. The van der Waals surface area contributed by atoms with Crippen LogP contribution >= 0.6 is 0 Å². The lowest BCUT2D eigenvalue weighted by atomic mass is 10.0. The van der Waals surface area contributed by atoms with Gasteiger partial charge >= 0.3 is 0 Å². The van der Waals surface area contributed by atoms with Crippen molar-refractivity contribution in [2.75, 3.05) is 19.6 Å². The van der Waals surface area contributed by atoms with E-state index in [1.807, 2.05) is 24.7 Å². The van der Waals surface area contributed by atoms with Gasteiger partial charge in [-0.25, -0.2) is 9.37 Å². The van der Waals surface area contributed by atoms with E-state index in [9.17, 15) is 4.39 Å². The quantitative estimate of drug-likeness (QED) is 0.754. The van der Waals surface area contributed by atoms with E-state index in [4.69, 9.17) is 0 Å². The molecular weight excluding hydrogens is 339 g/mol. The van der Waals surface area contributed by atoms with E-state index >= 15 is 0 Å². The van der Waals surface area contributed by atoms with Gasteiger partial charge in [0, 0.05) is 44.5 Å². The number of imidazole rings is 1. The molecule has 1 saturated heterocycles. The Kier molecular flexibility index (Phi) is 6.66. The summed E-state index contributed by atoms with van der Waals surface area (Å²) in [6.45, 7) is 14.1. The van der Waals surface area contributed by atoms with E-state index < -0.39 is 0 Å². The maximum Gasteiger partial charge on any atom is 0.123 e. The Labute approximate surface area is 163 Å². The highest BCUT2D eigenvalue weighted by atomic mass is 19.1. The van der Waals surface area contributed by atoms with Gasteiger partial charge in [-0.3, -0.25) is 9.80 Å². The Morgan fingerprint density at radius 3 is 2.48 bits per heavy atom. The van der Waals surface area contributed by atoms with Crippen LogP contribution in [0.4, 0.5) is 4.39 Å². The highest BCUT2D eigenvalue weighted by Crippen LogP contribution is 2.22. The van der Waals surface area contributed by atoms with Crippen molar-refractivity contribution in [1.29, 1.82) is 0 Å². The first-order valence-corrected chi connectivity index (χ1v) is 10.2. The van der Waals surface area contributed by atoms with E-state index in [1.54, 1.807) is 12.1 Å². The Morgan fingerprint density at radius 2 is 1.81 bits per heavy atom. The van der Waals surface area contributed by atoms with Crippen LogP contribution in [0.1, 0.15) is 51.4 Å². The summed E-state index contributed by atoms with van der Waals surface area (Å²) in [6, 6.07) is 7.89. The van der Waals surface area contributed by atoms with E-state index in [2.05, 4.69) is 47.0 Å². The van der Waals surface area contributed by atoms with Crippen LogP contribution in [0.5, 0.6) is 0 Å². The predicted molar refractivity (Wildman–Crippen MR) is 108 cm³/mol. The van der Waals surface area contributed by atoms with Crippen molar-refractivity contribution < 1.29 is 4.39 Å². The smallest absolute Gasteiger partial charge is 0.123 e. The first-order chi connectivity index (χ1) is 12.9. The highest BCUT2D eigenvalue weighted by Gasteiger charge is 2.28. The number of nitrogens with zero attached hydrogens (tertiary/aromatic N) is 4. The van der Waals surface area contributed by atoms with Gasteiger partial charge in [0.05, 0.1) is 12.0 Å². The molecule has 0 unspecified atom stereocenters. The minimum absolute atomic E-state index is 0.164. The summed E-state index contributed by atoms with van der Waals surface area (Å²) in [7, 11) is 0. The Bertz CT molecular complexity index is 707. The van der Waals surface area contributed by atoms with Crippen LogP contribution < -0.4 is 0 Å². The van der Waals surface area contributed by atoms with Gasteiger partial charge in [-0.05, 0) is 50.4 Å². The highest BCUT2D eigenvalue weighted by molar-refractivity contribution is 5.16. The monoisotopic (exact) mass is 372 g/mol. The van der Waals surface area contributed by atoms with E-state index in [-0.39, 0.29) is 5.82 Å². The maximum atomic E-state index is 13.2. The number of hydrogen-bond donors (Lipinski definition) is 0. The standard InChI is InChI=1S/C22H33FN4/c1-17(2)22-15-25(14-21-12-24-16-27(21)18(3)4)10-5-11-26(22)13-19-6-8-20(23)9-7-19/h6-9,12,16-18,22H,5,10-11,13-15H2,1-4H3/t22-/m1/s1. The fraction of sp³-hybridized carbons (Fsp3) is 0.591. The number of hydrogen-bond acceptors (Lipinski definition) is 3. The minimum atomic E-state index is -0.164. The first-order valence-electron chi connectivity index (χ1n) is 10.2. The molecule has 2 aromatic rings. The summed E-state index contributed by atoms with van der Waals surface area (Å²) in [6.07, 6.45) is 5.10. The molecule has 27 heavy (non-hydrogen) atoms. The SMILES string of the molecule is CC(C)[C@H]1CN(Cc2cncn2C(C)C)CCCN1Cc1ccc(F)cc1. The molecule has 4 nitrogen and oxygen atoms in total. The van der Waals surface area contributed by atoms with Crippen LogP contribution in [0, 0.1) is 11.7 Å². The van der Waals surface area contributed by atoms with Crippen LogP contribution in [0.2, 0.25) is 0 Å². The van der Waals surface area contributed by atoms with Crippen molar-refractivity contribution in [2.24, 2.45) is 5.92 Å². The average Bonchev–Trinajstić information content (AvgIpc) is 2.99. The summed E-state index contributed by atoms with van der Waals surface area (Å²) in [4.78, 5) is 9.52. The van der Waals surface area contributed by atoms with Crippen LogP contribution in [-0.4, -0.2) is 45.0 Å². The molecule has 0 radical (unpaired) electrons. The third kappa shape index (κ3) is 5.17. The molecular formula is C22H33FN4. The molecule has 0 aliphatic carbocycles. The third-order valence-electron chi connectivity index (χ3n) is 5.59. The normalized spacial score (nSPS) is 19.7. The van der Waals surface area contributed by atoms with Crippen molar-refractivity contribution in [3.8, 4) is 0 Å². The van der Waals surface area contributed by atoms with Gasteiger partial charge in [-0.15, -0.1) is 0 Å². The van der Waals surface area contributed by atoms with Gasteiger partial charge in [0.2, 0.25) is 0 Å². The average molecular weight is 373 g/mol. The summed E-state index contributed by atoms with van der Waals surface area (Å²) in [5, 5.41) is 0. The molecule has 1 aliphatic rings. The molecule has 2 heterocycles. The molecule has 1 aromatic heterocycles. The fourth-order valence-electron chi connectivity index (χ4n) is 4.08. The van der Waals surface area contributed by atoms with E-state index in [0.717, 1.165) is 39.1 Å². The molecule has 0 saturated carbocycles. The van der Waals surface area contributed by atoms with Gasteiger partial charge in [-0.1, -0.05) is 26.0 Å². The molecule has 0 N–H and O–H groups in total. The lowest BCUT2D eigenvalue weighted by molar-refractivity contribution is 0.129. The van der Waals surface area contributed by atoms with E-state index in [0.29, 0.717) is 18.0 Å². The summed E-state index contributed by atoms with van der Waals surface area (Å²) >= 11 is 0. The van der Waals surface area contributed by atoms with Crippen molar-refractivity contribution in [3.05, 3.63) is 53.9 Å². The lowest BCUT2D eigenvalue weighted by Gasteiger charge is -2.34. The fourth-order valence-corrected chi connectivity index (χ4v) is 4.08. The minimum Gasteiger partial charge on any atom is -0.331 e. The molecule has 1 atom stereocenters. The van der Waals surface area contributed by atoms with Gasteiger partial charge in [-0.2, -0.15) is 0 Å². The van der Waals surface area contributed by atoms with Crippen LogP contribution in [0.3, 0.4) is 0 Å². The van der Waals surface area contributed by atoms with Crippen LogP contribution in [0.15, 0.2) is 36.8 Å². The van der Waals surface area contributed by atoms with Crippen molar-refractivity contribution in [3.63, 3.8) is 0 Å². The second kappa shape index (κ2) is 8.98. The summed E-state index contributed by atoms with van der Waals surface area (Å²) < 4.78 is 15.5. The molecule has 0 spiro atoms. The van der Waals surface area contributed by atoms with Gasteiger partial charge in [0.15, 0.2) is 0 Å². The Hall–Kier alpha value is -1.72. The number of benzene rings is 1. The largest absolute Gasteiger partial charge is 0.331 e. The maximum absolute atomic E-state index is 13.2. The second-order valence-electron chi connectivity index (χ2n) is 8.38. The zero-order chi connectivity index (χ0) is 19.4. The second-order valence-corrected chi connectivity index (χ2v) is 8.38. The molecule has 0 amide bonds. The first kappa shape index (κ1) is 20.0. The zero-order valence-corrected chi connectivity index (χ0v) is 17.1. The topological polar surface area (TPSA) is 24.3 Å². The van der Waals surface area contributed by atoms with Crippen LogP contribution in [-0.2, 0) is 13.1 Å². The number of rotatable bonds is 6. The van der Waals surface area contributed by atoms with Crippen molar-refractivity contribution >= 4 is 0 Å². The summed E-state index contributed by atoms with van der Waals surface area (Å²) in [5.74, 6) is 0.407. The predicted octanol–water partition coefficient (Wildman–Crippen LogP) is 4.34. The van der Waals surface area contributed by atoms with Gasteiger partial charge in [0.25, 0.3) is 0 Å². The molecule has 1 fully saturated rings. The molecule has 5 heteroatoms. The Balaban J connectivity index is 1.70. The molecule has 148 valence electrons. The van der Waals surface area contributed by atoms with Crippen molar-refractivity contribution in [2.45, 2.75) is 59.3 Å². The molecule has 0 bridgehead atoms. The third-order valence-corrected chi connectivity index (χ3v) is 5.59. The molecule has 1 aliphatic heterocycles. The van der Waals surface area contributed by atoms with Crippen LogP contribution in [0.25, 0.3) is 0 Å². The summed E-state index contributed by atoms with van der Waals surface area (Å²) in [5.41, 5.74) is 2.48. The zero-order valence-electron chi connectivity index (χ0n) is 17.1. The van der Waals surface area contributed by atoms with Gasteiger partial charge < -0.3 is 4.57 Å².